The number of benzene rings is 1. The summed E-state index contributed by atoms with van der Waals surface area (Å²) >= 11 is 0. The van der Waals surface area contributed by atoms with Crippen molar-refractivity contribution >= 4 is 11.0 Å². The summed E-state index contributed by atoms with van der Waals surface area (Å²) in [5.41, 5.74) is 0.741. The van der Waals surface area contributed by atoms with Crippen molar-refractivity contribution in [2.24, 2.45) is 5.92 Å². The maximum absolute atomic E-state index is 13.1. The molecule has 0 radical (unpaired) electrons. The van der Waals surface area contributed by atoms with E-state index in [0.29, 0.717) is 5.92 Å². The average molecular weight is 235 g/mol. The monoisotopic (exact) mass is 235 g/mol. The van der Waals surface area contributed by atoms with E-state index in [1.54, 1.807) is 6.07 Å². The minimum Gasteiger partial charge on any atom is -0.459 e. The Morgan fingerprint density at radius 1 is 1.29 bits per heavy atom. The first-order chi connectivity index (χ1) is 8.11. The van der Waals surface area contributed by atoms with Crippen LogP contribution in [-0.4, -0.2) is 6.54 Å². The molecule has 1 aromatic heterocycles. The fraction of sp³-hybridized carbons (Fsp3) is 0.429. The second kappa shape index (κ2) is 4.88. The average Bonchev–Trinajstić information content (AvgIpc) is 2.67. The van der Waals surface area contributed by atoms with E-state index in [9.17, 15) is 4.39 Å². The molecule has 92 valence electrons. The summed E-state index contributed by atoms with van der Waals surface area (Å²) in [7, 11) is 0. The Bertz CT molecular complexity index is 504. The number of rotatable bonds is 4. The summed E-state index contributed by atoms with van der Waals surface area (Å²) < 4.78 is 18.9. The van der Waals surface area contributed by atoms with Crippen molar-refractivity contribution in [1.82, 2.24) is 5.32 Å². The highest BCUT2D eigenvalue weighted by atomic mass is 19.1. The fourth-order valence-corrected chi connectivity index (χ4v) is 2.07. The van der Waals surface area contributed by atoms with Crippen LogP contribution in [0.1, 0.15) is 32.6 Å². The Labute approximate surface area is 101 Å². The molecule has 0 amide bonds. The van der Waals surface area contributed by atoms with Crippen LogP contribution in [0.25, 0.3) is 11.0 Å². The largest absolute Gasteiger partial charge is 0.459 e. The molecule has 0 aliphatic rings. The zero-order chi connectivity index (χ0) is 12.4. The van der Waals surface area contributed by atoms with Gasteiger partial charge < -0.3 is 9.73 Å². The molecule has 0 saturated heterocycles. The molecule has 2 rings (SSSR count). The van der Waals surface area contributed by atoms with E-state index in [4.69, 9.17) is 4.42 Å². The molecule has 1 atom stereocenters. The summed E-state index contributed by atoms with van der Waals surface area (Å²) in [6, 6.07) is 6.71. The maximum Gasteiger partial charge on any atom is 0.134 e. The minimum absolute atomic E-state index is 0.176. The Hall–Kier alpha value is -1.35. The summed E-state index contributed by atoms with van der Waals surface area (Å²) in [4.78, 5) is 0. The number of hydrogen-bond acceptors (Lipinski definition) is 2. The Morgan fingerprint density at radius 3 is 2.71 bits per heavy atom. The quantitative estimate of drug-likeness (QED) is 0.870. The van der Waals surface area contributed by atoms with Gasteiger partial charge >= 0.3 is 0 Å². The third kappa shape index (κ3) is 2.50. The van der Waals surface area contributed by atoms with Crippen molar-refractivity contribution in [1.29, 1.82) is 0 Å². The summed E-state index contributed by atoms with van der Waals surface area (Å²) in [5, 5.41) is 4.21. The Morgan fingerprint density at radius 2 is 2.06 bits per heavy atom. The van der Waals surface area contributed by atoms with Crippen LogP contribution >= 0.6 is 0 Å². The van der Waals surface area contributed by atoms with Gasteiger partial charge in [-0.25, -0.2) is 4.39 Å². The van der Waals surface area contributed by atoms with Gasteiger partial charge in [-0.2, -0.15) is 0 Å². The molecule has 1 aromatic carbocycles. The molecule has 0 fully saturated rings. The van der Waals surface area contributed by atoms with Crippen molar-refractivity contribution in [2.75, 3.05) is 6.54 Å². The van der Waals surface area contributed by atoms with Crippen LogP contribution in [0.5, 0.6) is 0 Å². The number of fused-ring (bicyclic) bond motifs is 1. The molecule has 2 aromatic rings. The first-order valence-corrected chi connectivity index (χ1v) is 6.04. The van der Waals surface area contributed by atoms with Gasteiger partial charge in [-0.05, 0) is 36.7 Å². The zero-order valence-electron chi connectivity index (χ0n) is 10.5. The second-order valence-corrected chi connectivity index (χ2v) is 4.61. The molecular formula is C14H18FNO. The van der Waals surface area contributed by atoms with Gasteiger partial charge in [0.25, 0.3) is 0 Å². The minimum atomic E-state index is -0.227. The van der Waals surface area contributed by atoms with E-state index in [1.165, 1.54) is 12.1 Å². The molecule has 17 heavy (non-hydrogen) atoms. The first-order valence-electron chi connectivity index (χ1n) is 6.04. The van der Waals surface area contributed by atoms with Gasteiger partial charge in [-0.3, -0.25) is 0 Å². The van der Waals surface area contributed by atoms with Gasteiger partial charge in [0, 0.05) is 5.39 Å². The predicted molar refractivity (Wildman–Crippen MR) is 67.4 cm³/mol. The summed E-state index contributed by atoms with van der Waals surface area (Å²) in [5.74, 6) is 1.08. The molecule has 2 nitrogen and oxygen atoms in total. The van der Waals surface area contributed by atoms with Gasteiger partial charge in [-0.15, -0.1) is 0 Å². The van der Waals surface area contributed by atoms with Crippen LogP contribution < -0.4 is 5.32 Å². The molecule has 0 aliphatic heterocycles. The molecule has 1 heterocycles. The molecule has 0 aliphatic carbocycles. The van der Waals surface area contributed by atoms with Crippen LogP contribution in [0.3, 0.4) is 0 Å². The van der Waals surface area contributed by atoms with Gasteiger partial charge in [0.2, 0.25) is 0 Å². The van der Waals surface area contributed by atoms with E-state index in [0.717, 1.165) is 23.3 Å². The molecule has 0 bridgehead atoms. The van der Waals surface area contributed by atoms with E-state index >= 15 is 0 Å². The van der Waals surface area contributed by atoms with Gasteiger partial charge in [-0.1, -0.05) is 20.8 Å². The lowest BCUT2D eigenvalue weighted by atomic mass is 10.0. The van der Waals surface area contributed by atoms with E-state index < -0.39 is 0 Å². The smallest absolute Gasteiger partial charge is 0.134 e. The van der Waals surface area contributed by atoms with Crippen molar-refractivity contribution in [3.8, 4) is 0 Å². The third-order valence-electron chi connectivity index (χ3n) is 2.89. The van der Waals surface area contributed by atoms with E-state index in [2.05, 4.69) is 26.1 Å². The number of furan rings is 1. The lowest BCUT2D eigenvalue weighted by Crippen LogP contribution is -2.24. The first kappa shape index (κ1) is 12.1. The number of hydrogen-bond donors (Lipinski definition) is 1. The summed E-state index contributed by atoms with van der Waals surface area (Å²) in [6.45, 7) is 7.23. The number of nitrogens with one attached hydrogen (secondary N) is 1. The van der Waals surface area contributed by atoms with Gasteiger partial charge in [0.1, 0.15) is 17.2 Å². The molecule has 0 saturated carbocycles. The van der Waals surface area contributed by atoms with Crippen LogP contribution in [0.15, 0.2) is 28.7 Å². The fourth-order valence-electron chi connectivity index (χ4n) is 2.07. The van der Waals surface area contributed by atoms with Crippen molar-refractivity contribution in [3.05, 3.63) is 35.8 Å². The normalized spacial score (nSPS) is 13.5. The maximum atomic E-state index is 13.1. The van der Waals surface area contributed by atoms with E-state index in [-0.39, 0.29) is 11.9 Å². The van der Waals surface area contributed by atoms with Crippen molar-refractivity contribution in [3.63, 3.8) is 0 Å². The highest BCUT2D eigenvalue weighted by molar-refractivity contribution is 5.78. The van der Waals surface area contributed by atoms with Gasteiger partial charge in [0.05, 0.1) is 6.04 Å². The van der Waals surface area contributed by atoms with E-state index in [1.807, 2.05) is 6.07 Å². The van der Waals surface area contributed by atoms with Crippen LogP contribution in [0.2, 0.25) is 0 Å². The highest BCUT2D eigenvalue weighted by Crippen LogP contribution is 2.28. The topological polar surface area (TPSA) is 25.2 Å². The SMILES string of the molecule is CCNC(c1cc2cc(F)ccc2o1)C(C)C. The molecule has 1 unspecified atom stereocenters. The molecule has 3 heteroatoms. The van der Waals surface area contributed by atoms with Crippen LogP contribution in [0.4, 0.5) is 4.39 Å². The lowest BCUT2D eigenvalue weighted by Gasteiger charge is -2.18. The summed E-state index contributed by atoms with van der Waals surface area (Å²) in [6.07, 6.45) is 0. The van der Waals surface area contributed by atoms with Crippen LogP contribution in [-0.2, 0) is 0 Å². The Kier molecular flexibility index (Phi) is 3.48. The highest BCUT2D eigenvalue weighted by Gasteiger charge is 2.18. The van der Waals surface area contributed by atoms with Crippen molar-refractivity contribution < 1.29 is 8.81 Å². The molecule has 1 N–H and O–H groups in total. The Balaban J connectivity index is 2.40. The lowest BCUT2D eigenvalue weighted by molar-refractivity contribution is 0.357. The third-order valence-corrected chi connectivity index (χ3v) is 2.89. The van der Waals surface area contributed by atoms with Crippen molar-refractivity contribution in [2.45, 2.75) is 26.8 Å². The second-order valence-electron chi connectivity index (χ2n) is 4.61. The predicted octanol–water partition coefficient (Wildman–Crippen LogP) is 3.88. The zero-order valence-corrected chi connectivity index (χ0v) is 10.5. The standard InChI is InChI=1S/C14H18FNO/c1-4-16-14(9(2)3)13-8-10-7-11(15)5-6-12(10)17-13/h5-9,14,16H,4H2,1-3H3. The number of halogens is 1. The van der Waals surface area contributed by atoms with Gasteiger partial charge in [0.15, 0.2) is 0 Å². The van der Waals surface area contributed by atoms with Crippen LogP contribution in [0, 0.1) is 11.7 Å². The molecule has 0 spiro atoms. The molecular weight excluding hydrogens is 217 g/mol.